The molecule has 0 spiro atoms. The van der Waals surface area contributed by atoms with Crippen molar-refractivity contribution in [3.8, 4) is 11.1 Å². The smallest absolute Gasteiger partial charge is 0.328 e. The number of ether oxygens (including phenoxy) is 1. The van der Waals surface area contributed by atoms with Gasteiger partial charge in [0.25, 0.3) is 6.43 Å². The maximum Gasteiger partial charge on any atom is 0.328 e. The molecule has 7 heterocycles. The van der Waals surface area contributed by atoms with Crippen LogP contribution in [0.25, 0.3) is 22.0 Å². The summed E-state index contributed by atoms with van der Waals surface area (Å²) in [5, 5.41) is 24.0. The number of pyridine rings is 1. The summed E-state index contributed by atoms with van der Waals surface area (Å²) in [5.74, 6) is -0.458. The maximum absolute atomic E-state index is 15.2. The monoisotopic (exact) mass is 727 g/mol. The van der Waals surface area contributed by atoms with E-state index in [-0.39, 0.29) is 30.0 Å². The molecule has 4 aromatic heterocycles. The minimum absolute atomic E-state index is 0.00219. The van der Waals surface area contributed by atoms with Crippen LogP contribution >= 0.6 is 0 Å². The number of halogens is 2. The summed E-state index contributed by atoms with van der Waals surface area (Å²) in [5.41, 5.74) is 6.06. The second kappa shape index (κ2) is 14.0. The molecular formula is C38H43F2N9O4. The molecule has 1 atom stereocenters. The Labute approximate surface area is 305 Å². The Morgan fingerprint density at radius 2 is 1.89 bits per heavy atom. The van der Waals surface area contributed by atoms with Crippen molar-refractivity contribution < 1.29 is 28.2 Å². The summed E-state index contributed by atoms with van der Waals surface area (Å²) >= 11 is 0. The molecule has 1 saturated heterocycles. The average molecular weight is 728 g/mol. The van der Waals surface area contributed by atoms with Gasteiger partial charge in [-0.15, -0.1) is 5.10 Å². The fourth-order valence-corrected chi connectivity index (χ4v) is 8.31. The van der Waals surface area contributed by atoms with Gasteiger partial charge < -0.3 is 24.2 Å². The zero-order valence-corrected chi connectivity index (χ0v) is 30.1. The number of carbonyl (C=O) groups excluding carboxylic acids is 1. The Morgan fingerprint density at radius 1 is 1.08 bits per heavy atom. The Balaban J connectivity index is 1.20. The van der Waals surface area contributed by atoms with Crippen LogP contribution in [0.15, 0.2) is 43.0 Å². The Morgan fingerprint density at radius 3 is 2.62 bits per heavy atom. The van der Waals surface area contributed by atoms with Crippen LogP contribution in [0.2, 0.25) is 0 Å². The van der Waals surface area contributed by atoms with Gasteiger partial charge in [0.15, 0.2) is 11.9 Å². The van der Waals surface area contributed by atoms with Gasteiger partial charge in [0.1, 0.15) is 5.69 Å². The third-order valence-electron chi connectivity index (χ3n) is 10.9. The Kier molecular flexibility index (Phi) is 9.21. The van der Waals surface area contributed by atoms with Crippen molar-refractivity contribution in [1.29, 1.82) is 0 Å². The molecule has 1 N–H and O–H groups in total. The molecule has 15 heteroatoms. The molecule has 1 fully saturated rings. The first-order chi connectivity index (χ1) is 25.6. The lowest BCUT2D eigenvalue weighted by atomic mass is 9.91. The van der Waals surface area contributed by atoms with Crippen molar-refractivity contribution in [2.24, 2.45) is 5.92 Å². The number of fused-ring (bicyclic) bond motifs is 3. The van der Waals surface area contributed by atoms with Crippen LogP contribution in [0.1, 0.15) is 86.6 Å². The number of rotatable bonds is 9. The average Bonchev–Trinajstić information content (AvgIpc) is 3.86. The number of benzene rings is 1. The summed E-state index contributed by atoms with van der Waals surface area (Å²) in [6.45, 7) is 8.46. The van der Waals surface area contributed by atoms with Gasteiger partial charge in [0.2, 0.25) is 5.91 Å². The number of aromatic nitrogens is 7. The molecule has 1 aromatic carbocycles. The van der Waals surface area contributed by atoms with Crippen molar-refractivity contribution in [3.05, 3.63) is 71.1 Å². The lowest BCUT2D eigenvalue weighted by Crippen LogP contribution is -2.36. The van der Waals surface area contributed by atoms with Crippen molar-refractivity contribution >= 4 is 34.3 Å². The van der Waals surface area contributed by atoms with Crippen LogP contribution in [0, 0.1) is 5.92 Å². The number of carbonyl (C=O) groups is 2. The lowest BCUT2D eigenvalue weighted by Gasteiger charge is -2.33. The summed E-state index contributed by atoms with van der Waals surface area (Å²) in [4.78, 5) is 32.7. The van der Waals surface area contributed by atoms with E-state index in [2.05, 4.69) is 24.9 Å². The standard InChI is InChI=1S/C38H43F2N9O4/c1-22(2)35(38(51)52)48-19-25(42-44-48)18-46-20-30(29-17-41-10-6-32(29)46)27-15-24-5-4-11-47(34(24)16-28(27)36(39)40)37-31-21-45(23(3)50)12-7-33(31)49(43-37)26-8-13-53-14-9-26/h6,10,15-17,19-20,22,26,35-36H,4-5,7-9,11-14,18,21H2,1-3H3,(H,51,52). The van der Waals surface area contributed by atoms with E-state index in [1.165, 1.54) is 4.68 Å². The number of carboxylic acids is 1. The molecule has 5 aromatic rings. The predicted octanol–water partition coefficient (Wildman–Crippen LogP) is 6.10. The highest BCUT2D eigenvalue weighted by molar-refractivity contribution is 5.97. The molecule has 0 radical (unpaired) electrons. The minimum atomic E-state index is -2.76. The number of alkyl halides is 2. The van der Waals surface area contributed by atoms with Crippen LogP contribution in [0.4, 0.5) is 20.3 Å². The largest absolute Gasteiger partial charge is 0.480 e. The molecule has 1 amide bonds. The molecule has 278 valence electrons. The van der Waals surface area contributed by atoms with E-state index in [0.717, 1.165) is 47.4 Å². The molecule has 8 rings (SSSR count). The van der Waals surface area contributed by atoms with E-state index in [9.17, 15) is 14.7 Å². The van der Waals surface area contributed by atoms with Crippen molar-refractivity contribution in [2.75, 3.05) is 31.2 Å². The fraction of sp³-hybridized carbons (Fsp3) is 0.474. The first-order valence-corrected chi connectivity index (χ1v) is 18.3. The first-order valence-electron chi connectivity index (χ1n) is 18.3. The molecule has 1 unspecified atom stereocenters. The number of hydrogen-bond acceptors (Lipinski definition) is 8. The first kappa shape index (κ1) is 34.9. The zero-order valence-electron chi connectivity index (χ0n) is 30.1. The van der Waals surface area contributed by atoms with E-state index in [4.69, 9.17) is 9.84 Å². The van der Waals surface area contributed by atoms with Gasteiger partial charge in [-0.2, -0.15) is 5.10 Å². The summed E-state index contributed by atoms with van der Waals surface area (Å²) < 4.78 is 41.6. The Bertz CT molecular complexity index is 2180. The molecule has 13 nitrogen and oxygen atoms in total. The van der Waals surface area contributed by atoms with Crippen molar-refractivity contribution in [2.45, 2.75) is 84.5 Å². The van der Waals surface area contributed by atoms with Crippen molar-refractivity contribution in [3.63, 3.8) is 0 Å². The Hall–Kier alpha value is -5.18. The molecule has 0 bridgehead atoms. The summed E-state index contributed by atoms with van der Waals surface area (Å²) in [6, 6.07) is 4.68. The van der Waals surface area contributed by atoms with Gasteiger partial charge in [-0.05, 0) is 60.9 Å². The normalized spacial score (nSPS) is 17.1. The van der Waals surface area contributed by atoms with E-state index in [1.807, 2.05) is 41.6 Å². The van der Waals surface area contributed by atoms with Gasteiger partial charge in [-0.1, -0.05) is 19.1 Å². The van der Waals surface area contributed by atoms with Crippen LogP contribution in [-0.4, -0.2) is 82.5 Å². The minimum Gasteiger partial charge on any atom is -0.480 e. The highest BCUT2D eigenvalue weighted by Crippen LogP contribution is 2.45. The van der Waals surface area contributed by atoms with E-state index < -0.39 is 18.4 Å². The third kappa shape index (κ3) is 6.34. The molecule has 3 aliphatic rings. The van der Waals surface area contributed by atoms with Gasteiger partial charge in [0, 0.05) is 91.7 Å². The van der Waals surface area contributed by atoms with Gasteiger partial charge in [0.05, 0.1) is 30.8 Å². The number of nitrogens with zero attached hydrogens (tertiary/aromatic N) is 9. The number of amides is 1. The maximum atomic E-state index is 15.2. The van der Waals surface area contributed by atoms with Crippen LogP contribution in [-0.2, 0) is 40.3 Å². The molecule has 53 heavy (non-hydrogen) atoms. The highest BCUT2D eigenvalue weighted by atomic mass is 19.3. The lowest BCUT2D eigenvalue weighted by molar-refractivity contribution is -0.142. The fourth-order valence-electron chi connectivity index (χ4n) is 8.31. The second-order valence-electron chi connectivity index (χ2n) is 14.6. The predicted molar refractivity (Wildman–Crippen MR) is 192 cm³/mol. The molecule has 0 saturated carbocycles. The van der Waals surface area contributed by atoms with E-state index in [0.29, 0.717) is 73.6 Å². The van der Waals surface area contributed by atoms with Gasteiger partial charge >= 0.3 is 5.97 Å². The van der Waals surface area contributed by atoms with Gasteiger partial charge in [-0.25, -0.2) is 18.3 Å². The van der Waals surface area contributed by atoms with Crippen molar-refractivity contribution in [1.82, 2.24) is 39.2 Å². The van der Waals surface area contributed by atoms with Gasteiger partial charge in [-0.3, -0.25) is 14.5 Å². The van der Waals surface area contributed by atoms with E-state index >= 15 is 8.78 Å². The SMILES string of the molecule is CC(=O)N1CCc2c(c(N3CCCc4cc(-c5cn(Cc6cn(C(C(=O)O)C(C)C)nn6)c6ccncc56)c(C(F)F)cc43)nn2C2CCOCC2)C1. The zero-order chi connectivity index (χ0) is 37.0. The highest BCUT2D eigenvalue weighted by Gasteiger charge is 2.34. The summed E-state index contributed by atoms with van der Waals surface area (Å²) in [6.07, 6.45) is 7.96. The topological polar surface area (TPSA) is 136 Å². The number of hydrogen-bond donors (Lipinski definition) is 1. The van der Waals surface area contributed by atoms with E-state index in [1.54, 1.807) is 31.6 Å². The number of aryl methyl sites for hydroxylation is 1. The quantitative estimate of drug-likeness (QED) is 0.191. The number of anilines is 2. The molecule has 3 aliphatic heterocycles. The second-order valence-corrected chi connectivity index (χ2v) is 14.6. The number of carboxylic acid groups (broad SMARTS) is 1. The molecular weight excluding hydrogens is 684 g/mol. The third-order valence-corrected chi connectivity index (χ3v) is 10.9. The van der Waals surface area contributed by atoms with Crippen LogP contribution in [0.5, 0.6) is 0 Å². The van der Waals surface area contributed by atoms with Crippen LogP contribution in [0.3, 0.4) is 0 Å². The van der Waals surface area contributed by atoms with Crippen LogP contribution < -0.4 is 4.90 Å². The number of aliphatic carboxylic acids is 1. The summed E-state index contributed by atoms with van der Waals surface area (Å²) in [7, 11) is 0. The molecule has 0 aliphatic carbocycles.